The Morgan fingerprint density at radius 2 is 2.10 bits per heavy atom. The lowest BCUT2D eigenvalue weighted by molar-refractivity contribution is 0.424. The largest absolute Gasteiger partial charge is 0.370 e. The third-order valence-electron chi connectivity index (χ3n) is 4.05. The summed E-state index contributed by atoms with van der Waals surface area (Å²) in [4.78, 5) is 6.87. The first kappa shape index (κ1) is 15.3. The summed E-state index contributed by atoms with van der Waals surface area (Å²) in [5, 5.41) is 3.59. The lowest BCUT2D eigenvalue weighted by atomic mass is 10.0. The van der Waals surface area contributed by atoms with Gasteiger partial charge in [0.2, 0.25) is 0 Å². The smallest absolute Gasteiger partial charge is 0.0598 e. The van der Waals surface area contributed by atoms with Gasteiger partial charge in [-0.15, -0.1) is 0 Å². The molecule has 1 atom stereocenters. The van der Waals surface area contributed by atoms with Crippen LogP contribution < -0.4 is 10.2 Å². The number of aromatic nitrogens is 1. The predicted octanol–water partition coefficient (Wildman–Crippen LogP) is 3.60. The number of rotatable bonds is 3. The molecule has 0 bridgehead atoms. The van der Waals surface area contributed by atoms with E-state index in [-0.39, 0.29) is 5.54 Å². The number of hydrogen-bond donors (Lipinski definition) is 1. The Labute approximate surface area is 123 Å². The van der Waals surface area contributed by atoms with Crippen LogP contribution in [0.4, 0.5) is 5.69 Å². The van der Waals surface area contributed by atoms with Gasteiger partial charge >= 0.3 is 0 Å². The van der Waals surface area contributed by atoms with Crippen molar-refractivity contribution < 1.29 is 0 Å². The van der Waals surface area contributed by atoms with E-state index in [2.05, 4.69) is 49.0 Å². The van der Waals surface area contributed by atoms with Gasteiger partial charge < -0.3 is 10.2 Å². The fourth-order valence-electron chi connectivity index (χ4n) is 2.71. The Kier molecular flexibility index (Phi) is 5.03. The SMILES string of the molecule is CC1CCCN(c2cnccc2CNC(C)(C)C)CC1. The third-order valence-corrected chi connectivity index (χ3v) is 4.05. The highest BCUT2D eigenvalue weighted by atomic mass is 15.1. The number of nitrogens with one attached hydrogen (secondary N) is 1. The van der Waals surface area contributed by atoms with Crippen molar-refractivity contribution in [3.05, 3.63) is 24.0 Å². The average Bonchev–Trinajstić information content (AvgIpc) is 2.61. The zero-order chi connectivity index (χ0) is 14.6. The van der Waals surface area contributed by atoms with Crippen molar-refractivity contribution in [2.45, 2.75) is 59.0 Å². The number of hydrogen-bond acceptors (Lipinski definition) is 3. The first-order valence-electron chi connectivity index (χ1n) is 7.88. The van der Waals surface area contributed by atoms with Gasteiger partial charge in [-0.1, -0.05) is 6.92 Å². The average molecular weight is 275 g/mol. The topological polar surface area (TPSA) is 28.2 Å². The van der Waals surface area contributed by atoms with Crippen molar-refractivity contribution >= 4 is 5.69 Å². The molecular formula is C17H29N3. The number of nitrogens with zero attached hydrogens (tertiary/aromatic N) is 2. The summed E-state index contributed by atoms with van der Waals surface area (Å²) in [6.07, 6.45) is 7.88. The van der Waals surface area contributed by atoms with Crippen LogP contribution in [-0.2, 0) is 6.54 Å². The van der Waals surface area contributed by atoms with Gasteiger partial charge in [-0.2, -0.15) is 0 Å². The van der Waals surface area contributed by atoms with Crippen LogP contribution in [0.2, 0.25) is 0 Å². The van der Waals surface area contributed by atoms with Gasteiger partial charge in [0.05, 0.1) is 11.9 Å². The Morgan fingerprint density at radius 1 is 1.30 bits per heavy atom. The second-order valence-electron chi connectivity index (χ2n) is 7.13. The molecule has 2 rings (SSSR count). The van der Waals surface area contributed by atoms with E-state index in [1.165, 1.54) is 37.1 Å². The predicted molar refractivity (Wildman–Crippen MR) is 86.1 cm³/mol. The maximum absolute atomic E-state index is 4.35. The Hall–Kier alpha value is -1.09. The number of anilines is 1. The van der Waals surface area contributed by atoms with Crippen molar-refractivity contribution in [1.29, 1.82) is 0 Å². The monoisotopic (exact) mass is 275 g/mol. The van der Waals surface area contributed by atoms with Gasteiger partial charge in [0.15, 0.2) is 0 Å². The van der Waals surface area contributed by atoms with Gasteiger partial charge in [-0.3, -0.25) is 4.98 Å². The molecule has 1 aliphatic heterocycles. The van der Waals surface area contributed by atoms with Crippen molar-refractivity contribution in [1.82, 2.24) is 10.3 Å². The molecule has 0 spiro atoms. The molecule has 3 heteroatoms. The Morgan fingerprint density at radius 3 is 2.85 bits per heavy atom. The van der Waals surface area contributed by atoms with Crippen LogP contribution in [0.1, 0.15) is 52.5 Å². The lowest BCUT2D eigenvalue weighted by Gasteiger charge is -2.27. The van der Waals surface area contributed by atoms with Crippen LogP contribution >= 0.6 is 0 Å². The van der Waals surface area contributed by atoms with Gasteiger partial charge in [0.25, 0.3) is 0 Å². The van der Waals surface area contributed by atoms with E-state index in [1.807, 2.05) is 12.4 Å². The molecule has 0 amide bonds. The summed E-state index contributed by atoms with van der Waals surface area (Å²) >= 11 is 0. The lowest BCUT2D eigenvalue weighted by Crippen LogP contribution is -2.36. The van der Waals surface area contributed by atoms with Crippen LogP contribution in [0, 0.1) is 5.92 Å². The molecule has 1 aromatic rings. The minimum Gasteiger partial charge on any atom is -0.370 e. The van der Waals surface area contributed by atoms with Crippen LogP contribution in [0.15, 0.2) is 18.5 Å². The molecule has 0 aliphatic carbocycles. The molecular weight excluding hydrogens is 246 g/mol. The maximum atomic E-state index is 4.35. The van der Waals surface area contributed by atoms with E-state index in [9.17, 15) is 0 Å². The highest BCUT2D eigenvalue weighted by Crippen LogP contribution is 2.25. The maximum Gasteiger partial charge on any atom is 0.0598 e. The summed E-state index contributed by atoms with van der Waals surface area (Å²) in [6, 6.07) is 2.16. The Balaban J connectivity index is 2.10. The van der Waals surface area contributed by atoms with E-state index in [0.717, 1.165) is 19.0 Å². The van der Waals surface area contributed by atoms with Crippen LogP contribution in [0.5, 0.6) is 0 Å². The molecule has 1 saturated heterocycles. The molecule has 1 fully saturated rings. The third kappa shape index (κ3) is 4.48. The normalized spacial score (nSPS) is 20.8. The zero-order valence-electron chi connectivity index (χ0n) is 13.4. The van der Waals surface area contributed by atoms with Crippen molar-refractivity contribution in [3.8, 4) is 0 Å². The molecule has 0 radical (unpaired) electrons. The van der Waals surface area contributed by atoms with Gasteiger partial charge in [-0.25, -0.2) is 0 Å². The minimum absolute atomic E-state index is 0.147. The summed E-state index contributed by atoms with van der Waals surface area (Å²) in [5.41, 5.74) is 2.83. The molecule has 1 aromatic heterocycles. The van der Waals surface area contributed by atoms with Gasteiger partial charge in [-0.05, 0) is 57.6 Å². The molecule has 0 aromatic carbocycles. The molecule has 1 unspecified atom stereocenters. The van der Waals surface area contributed by atoms with Crippen LogP contribution in [0.3, 0.4) is 0 Å². The van der Waals surface area contributed by atoms with Crippen molar-refractivity contribution in [3.63, 3.8) is 0 Å². The zero-order valence-corrected chi connectivity index (χ0v) is 13.4. The second kappa shape index (κ2) is 6.57. The van der Waals surface area contributed by atoms with Gasteiger partial charge in [0.1, 0.15) is 0 Å². The second-order valence-corrected chi connectivity index (χ2v) is 7.13. The summed E-state index contributed by atoms with van der Waals surface area (Å²) in [6.45, 7) is 12.2. The fraction of sp³-hybridized carbons (Fsp3) is 0.706. The van der Waals surface area contributed by atoms with Crippen LogP contribution in [0.25, 0.3) is 0 Å². The van der Waals surface area contributed by atoms with E-state index in [4.69, 9.17) is 0 Å². The molecule has 20 heavy (non-hydrogen) atoms. The Bertz CT molecular complexity index is 422. The van der Waals surface area contributed by atoms with Crippen molar-refractivity contribution in [2.24, 2.45) is 5.92 Å². The van der Waals surface area contributed by atoms with E-state index in [1.54, 1.807) is 0 Å². The first-order chi connectivity index (χ1) is 9.46. The highest BCUT2D eigenvalue weighted by molar-refractivity contribution is 5.51. The molecule has 0 saturated carbocycles. The summed E-state index contributed by atoms with van der Waals surface area (Å²) in [5.74, 6) is 0.854. The number of pyridine rings is 1. The summed E-state index contributed by atoms with van der Waals surface area (Å²) in [7, 11) is 0. The summed E-state index contributed by atoms with van der Waals surface area (Å²) < 4.78 is 0. The van der Waals surface area contributed by atoms with Crippen LogP contribution in [-0.4, -0.2) is 23.6 Å². The van der Waals surface area contributed by atoms with E-state index < -0.39 is 0 Å². The highest BCUT2D eigenvalue weighted by Gasteiger charge is 2.17. The molecule has 112 valence electrons. The quantitative estimate of drug-likeness (QED) is 0.913. The molecule has 1 N–H and O–H groups in total. The van der Waals surface area contributed by atoms with E-state index >= 15 is 0 Å². The van der Waals surface area contributed by atoms with Crippen molar-refractivity contribution in [2.75, 3.05) is 18.0 Å². The molecule has 1 aliphatic rings. The fourth-order valence-corrected chi connectivity index (χ4v) is 2.71. The first-order valence-corrected chi connectivity index (χ1v) is 7.88. The minimum atomic E-state index is 0.147. The van der Waals surface area contributed by atoms with Gasteiger partial charge in [0, 0.05) is 31.4 Å². The standard InChI is InChI=1S/C17H29N3/c1-14-6-5-10-20(11-8-14)16-13-18-9-7-15(16)12-19-17(2,3)4/h7,9,13-14,19H,5-6,8,10-12H2,1-4H3. The molecule has 2 heterocycles. The van der Waals surface area contributed by atoms with E-state index in [0.29, 0.717) is 0 Å². The molecule has 3 nitrogen and oxygen atoms in total.